The maximum atomic E-state index is 6.56. The standard InChI is InChI=1S/C54H32O2/c1-2-11-33(12-3-1)34-21-23-36(24-22-34)51-42-17-6-7-18-43(42)52(46-31-37(25-27-44(46)51)40-19-10-14-35-13-4-5-15-39(35)40)38-26-29-49-47(32-38)53-50(55-49)30-28-45-41-16-8-9-20-48(41)56-54(45)53/h1-32H. The SMILES string of the molecule is c1ccc(-c2ccc(-c3c4ccccc4c(-c4ccc5oc6ccc7c8ccccc8oc7c6c5c4)c4cc(-c5cccc6ccccc56)ccc34)cc2)cc1. The smallest absolute Gasteiger partial charge is 0.147 e. The summed E-state index contributed by atoms with van der Waals surface area (Å²) in [6.07, 6.45) is 0. The van der Waals surface area contributed by atoms with Gasteiger partial charge >= 0.3 is 0 Å². The average molecular weight is 713 g/mol. The first kappa shape index (κ1) is 31.0. The molecule has 0 saturated heterocycles. The number of para-hydroxylation sites is 1. The van der Waals surface area contributed by atoms with Crippen molar-refractivity contribution in [1.82, 2.24) is 0 Å². The van der Waals surface area contributed by atoms with Crippen LogP contribution in [0, 0.1) is 0 Å². The monoisotopic (exact) mass is 712 g/mol. The maximum Gasteiger partial charge on any atom is 0.147 e. The van der Waals surface area contributed by atoms with Crippen LogP contribution in [0.3, 0.4) is 0 Å². The topological polar surface area (TPSA) is 26.3 Å². The molecule has 10 aromatic carbocycles. The lowest BCUT2D eigenvalue weighted by Crippen LogP contribution is -1.92. The molecule has 0 amide bonds. The molecule has 260 valence electrons. The fourth-order valence-electron chi connectivity index (χ4n) is 9.10. The molecule has 12 aromatic rings. The van der Waals surface area contributed by atoms with Gasteiger partial charge in [-0.05, 0) is 113 Å². The second kappa shape index (κ2) is 12.0. The van der Waals surface area contributed by atoms with Gasteiger partial charge in [0, 0.05) is 16.2 Å². The van der Waals surface area contributed by atoms with Crippen LogP contribution in [0.15, 0.2) is 203 Å². The van der Waals surface area contributed by atoms with E-state index in [1.165, 1.54) is 71.3 Å². The van der Waals surface area contributed by atoms with Crippen LogP contribution in [0.2, 0.25) is 0 Å². The van der Waals surface area contributed by atoms with Crippen molar-refractivity contribution in [3.63, 3.8) is 0 Å². The fourth-order valence-corrected chi connectivity index (χ4v) is 9.10. The Bertz CT molecular complexity index is 3510. The van der Waals surface area contributed by atoms with Crippen molar-refractivity contribution < 1.29 is 8.83 Å². The van der Waals surface area contributed by atoms with Crippen molar-refractivity contribution in [2.24, 2.45) is 0 Å². The van der Waals surface area contributed by atoms with Gasteiger partial charge in [-0.3, -0.25) is 0 Å². The summed E-state index contributed by atoms with van der Waals surface area (Å²) in [5, 5.41) is 11.6. The molecule has 0 fully saturated rings. The summed E-state index contributed by atoms with van der Waals surface area (Å²) < 4.78 is 13.1. The second-order valence-electron chi connectivity index (χ2n) is 14.8. The molecule has 0 spiro atoms. The van der Waals surface area contributed by atoms with E-state index in [9.17, 15) is 0 Å². The van der Waals surface area contributed by atoms with Crippen molar-refractivity contribution in [2.75, 3.05) is 0 Å². The molecule has 0 unspecified atom stereocenters. The summed E-state index contributed by atoms with van der Waals surface area (Å²) in [6.45, 7) is 0. The van der Waals surface area contributed by atoms with Gasteiger partial charge in [-0.2, -0.15) is 0 Å². The molecule has 0 aliphatic heterocycles. The van der Waals surface area contributed by atoms with Crippen LogP contribution in [-0.2, 0) is 0 Å². The molecule has 56 heavy (non-hydrogen) atoms. The third kappa shape index (κ3) is 4.63. The lowest BCUT2D eigenvalue weighted by Gasteiger charge is -2.19. The van der Waals surface area contributed by atoms with Gasteiger partial charge in [0.25, 0.3) is 0 Å². The zero-order chi connectivity index (χ0) is 36.7. The molecule has 0 radical (unpaired) electrons. The highest BCUT2D eigenvalue weighted by atomic mass is 16.3. The van der Waals surface area contributed by atoms with Gasteiger partial charge in [-0.15, -0.1) is 0 Å². The average Bonchev–Trinajstić information content (AvgIpc) is 3.83. The van der Waals surface area contributed by atoms with Gasteiger partial charge in [-0.25, -0.2) is 0 Å². The Hall–Kier alpha value is -7.42. The molecule has 0 aliphatic carbocycles. The van der Waals surface area contributed by atoms with Crippen LogP contribution in [0.1, 0.15) is 0 Å². The highest BCUT2D eigenvalue weighted by molar-refractivity contribution is 6.25. The van der Waals surface area contributed by atoms with Crippen molar-refractivity contribution in [3.8, 4) is 44.5 Å². The lowest BCUT2D eigenvalue weighted by molar-refractivity contribution is 0.663. The first-order chi connectivity index (χ1) is 27.8. The molecule has 2 nitrogen and oxygen atoms in total. The van der Waals surface area contributed by atoms with Crippen LogP contribution < -0.4 is 0 Å². The lowest BCUT2D eigenvalue weighted by atomic mass is 9.84. The number of benzene rings is 10. The first-order valence-corrected chi connectivity index (χ1v) is 19.2. The van der Waals surface area contributed by atoms with Crippen LogP contribution in [0.5, 0.6) is 0 Å². The molecule has 2 heteroatoms. The quantitative estimate of drug-likeness (QED) is 0.170. The zero-order valence-electron chi connectivity index (χ0n) is 30.3. The molecule has 2 heterocycles. The summed E-state index contributed by atoms with van der Waals surface area (Å²) in [4.78, 5) is 0. The normalized spacial score (nSPS) is 11.9. The predicted octanol–water partition coefficient (Wildman–Crippen LogP) is 15.6. The molecule has 12 rings (SSSR count). The van der Waals surface area contributed by atoms with E-state index in [-0.39, 0.29) is 0 Å². The summed E-state index contributed by atoms with van der Waals surface area (Å²) >= 11 is 0. The van der Waals surface area contributed by atoms with E-state index in [0.29, 0.717) is 0 Å². The van der Waals surface area contributed by atoms with E-state index in [1.54, 1.807) is 0 Å². The molecule has 0 aliphatic rings. The second-order valence-corrected chi connectivity index (χ2v) is 14.8. The number of fused-ring (bicyclic) bond motifs is 10. The summed E-state index contributed by atoms with van der Waals surface area (Å²) in [7, 11) is 0. The summed E-state index contributed by atoms with van der Waals surface area (Å²) in [5.74, 6) is 0. The number of hydrogen-bond donors (Lipinski definition) is 0. The minimum atomic E-state index is 0.825. The predicted molar refractivity (Wildman–Crippen MR) is 235 cm³/mol. The molecule has 0 N–H and O–H groups in total. The summed E-state index contributed by atoms with van der Waals surface area (Å²) in [6, 6.07) is 70.0. The van der Waals surface area contributed by atoms with Crippen LogP contribution in [-0.4, -0.2) is 0 Å². The Labute approximate surface area is 322 Å². The molecule has 2 aromatic heterocycles. The third-order valence-corrected chi connectivity index (χ3v) is 11.7. The van der Waals surface area contributed by atoms with Crippen molar-refractivity contribution in [2.45, 2.75) is 0 Å². The molecule has 0 atom stereocenters. The van der Waals surface area contributed by atoms with Crippen molar-refractivity contribution in [3.05, 3.63) is 194 Å². The van der Waals surface area contributed by atoms with Crippen LogP contribution >= 0.6 is 0 Å². The third-order valence-electron chi connectivity index (χ3n) is 11.7. The molecular weight excluding hydrogens is 681 g/mol. The fraction of sp³-hybridized carbons (Fsp3) is 0. The van der Waals surface area contributed by atoms with Gasteiger partial charge in [0.05, 0.1) is 5.39 Å². The Kier molecular flexibility index (Phi) is 6.66. The number of furan rings is 2. The van der Waals surface area contributed by atoms with E-state index in [1.807, 2.05) is 12.1 Å². The van der Waals surface area contributed by atoms with E-state index in [0.717, 1.165) is 49.4 Å². The van der Waals surface area contributed by atoms with E-state index >= 15 is 0 Å². The van der Waals surface area contributed by atoms with Gasteiger partial charge in [0.15, 0.2) is 0 Å². The van der Waals surface area contributed by atoms with Gasteiger partial charge in [-0.1, -0.05) is 158 Å². The Balaban J connectivity index is 1.16. The van der Waals surface area contributed by atoms with Crippen molar-refractivity contribution >= 4 is 76.2 Å². The van der Waals surface area contributed by atoms with E-state index < -0.39 is 0 Å². The number of hydrogen-bond acceptors (Lipinski definition) is 2. The largest absolute Gasteiger partial charge is 0.456 e. The Morgan fingerprint density at radius 1 is 0.268 bits per heavy atom. The van der Waals surface area contributed by atoms with E-state index in [2.05, 4.69) is 182 Å². The Morgan fingerprint density at radius 2 is 0.821 bits per heavy atom. The molecular formula is C54H32O2. The summed E-state index contributed by atoms with van der Waals surface area (Å²) in [5.41, 5.74) is 13.0. The van der Waals surface area contributed by atoms with Crippen LogP contribution in [0.25, 0.3) is 121 Å². The zero-order valence-corrected chi connectivity index (χ0v) is 30.3. The van der Waals surface area contributed by atoms with Gasteiger partial charge in [0.2, 0.25) is 0 Å². The number of rotatable bonds is 4. The molecule has 0 saturated carbocycles. The van der Waals surface area contributed by atoms with Gasteiger partial charge in [0.1, 0.15) is 22.3 Å². The molecule has 0 bridgehead atoms. The Morgan fingerprint density at radius 3 is 1.66 bits per heavy atom. The minimum Gasteiger partial charge on any atom is -0.456 e. The highest BCUT2D eigenvalue weighted by Gasteiger charge is 2.21. The minimum absolute atomic E-state index is 0.825. The van der Waals surface area contributed by atoms with Crippen molar-refractivity contribution in [1.29, 1.82) is 0 Å². The van der Waals surface area contributed by atoms with E-state index in [4.69, 9.17) is 8.83 Å². The van der Waals surface area contributed by atoms with Crippen LogP contribution in [0.4, 0.5) is 0 Å². The maximum absolute atomic E-state index is 6.56. The first-order valence-electron chi connectivity index (χ1n) is 19.2. The highest BCUT2D eigenvalue weighted by Crippen LogP contribution is 2.47. The van der Waals surface area contributed by atoms with Gasteiger partial charge < -0.3 is 8.83 Å².